The van der Waals surface area contributed by atoms with Crippen molar-refractivity contribution in [1.29, 1.82) is 0 Å². The number of aromatic amines is 1. The van der Waals surface area contributed by atoms with Crippen LogP contribution >= 0.6 is 0 Å². The van der Waals surface area contributed by atoms with E-state index in [1.54, 1.807) is 11.1 Å². The fourth-order valence-corrected chi connectivity index (χ4v) is 8.30. The molecule has 1 nitrogen and oxygen atoms in total. The minimum absolute atomic E-state index is 0.200. The summed E-state index contributed by atoms with van der Waals surface area (Å²) in [6.45, 7) is 2.49. The molecule has 1 heterocycles. The van der Waals surface area contributed by atoms with Crippen LogP contribution in [-0.4, -0.2) is 4.98 Å². The van der Waals surface area contributed by atoms with E-state index in [2.05, 4.69) is 84.7 Å². The van der Waals surface area contributed by atoms with Gasteiger partial charge in [-0.05, 0) is 101 Å². The monoisotopic (exact) mass is 427 g/mol. The zero-order valence-electron chi connectivity index (χ0n) is 19.2. The van der Waals surface area contributed by atoms with Crippen molar-refractivity contribution in [3.63, 3.8) is 0 Å². The molecule has 1 aromatic heterocycles. The topological polar surface area (TPSA) is 15.8 Å². The Morgan fingerprint density at radius 3 is 2.52 bits per heavy atom. The number of nitrogens with one attached hydrogen (secondary N) is 1. The first kappa shape index (κ1) is 18.4. The van der Waals surface area contributed by atoms with Crippen LogP contribution in [0.15, 0.2) is 72.8 Å². The van der Waals surface area contributed by atoms with Crippen LogP contribution in [-0.2, 0) is 5.41 Å². The summed E-state index contributed by atoms with van der Waals surface area (Å²) in [5, 5.41) is 5.44. The van der Waals surface area contributed by atoms with Crippen LogP contribution in [0.5, 0.6) is 0 Å². The van der Waals surface area contributed by atoms with Gasteiger partial charge in [0.2, 0.25) is 0 Å². The first-order chi connectivity index (χ1) is 16.2. The maximum absolute atomic E-state index is 3.77. The van der Waals surface area contributed by atoms with Crippen molar-refractivity contribution in [2.24, 2.45) is 17.8 Å². The summed E-state index contributed by atoms with van der Waals surface area (Å²) in [6.07, 6.45) is 6.92. The quantitative estimate of drug-likeness (QED) is 0.255. The molecule has 4 atom stereocenters. The highest BCUT2D eigenvalue weighted by Crippen LogP contribution is 2.63. The summed E-state index contributed by atoms with van der Waals surface area (Å²) >= 11 is 0. The molecule has 0 amide bonds. The van der Waals surface area contributed by atoms with Crippen LogP contribution in [0.4, 0.5) is 0 Å². The highest BCUT2D eigenvalue weighted by Gasteiger charge is 2.53. The highest BCUT2D eigenvalue weighted by molar-refractivity contribution is 6.19. The molecule has 2 bridgehead atoms. The molecule has 4 aromatic carbocycles. The third-order valence-corrected chi connectivity index (χ3v) is 9.47. The van der Waals surface area contributed by atoms with Gasteiger partial charge in [-0.1, -0.05) is 61.5 Å². The third kappa shape index (κ3) is 2.28. The minimum atomic E-state index is 0.200. The van der Waals surface area contributed by atoms with Crippen LogP contribution in [0.25, 0.3) is 43.7 Å². The molecule has 162 valence electrons. The summed E-state index contributed by atoms with van der Waals surface area (Å²) < 4.78 is 0. The molecule has 0 saturated heterocycles. The fraction of sp³-hybridized carbons (Fsp3) is 0.312. The predicted molar refractivity (Wildman–Crippen MR) is 139 cm³/mol. The number of fused-ring (bicyclic) bond motifs is 13. The first-order valence-electron chi connectivity index (χ1n) is 12.8. The van der Waals surface area contributed by atoms with Gasteiger partial charge in [-0.15, -0.1) is 0 Å². The zero-order valence-corrected chi connectivity index (χ0v) is 19.2. The molecule has 0 radical (unpaired) electrons. The van der Waals surface area contributed by atoms with Crippen molar-refractivity contribution in [1.82, 2.24) is 4.98 Å². The Kier molecular flexibility index (Phi) is 3.50. The van der Waals surface area contributed by atoms with Gasteiger partial charge in [0.25, 0.3) is 0 Å². The molecular formula is C32H29N. The first-order valence-corrected chi connectivity index (χ1v) is 12.8. The lowest BCUT2D eigenvalue weighted by atomic mass is 9.53. The molecule has 2 fully saturated rings. The van der Waals surface area contributed by atoms with Gasteiger partial charge in [0.05, 0.1) is 0 Å². The maximum Gasteiger partial charge on any atom is 0.0471 e. The van der Waals surface area contributed by atoms with E-state index in [-0.39, 0.29) is 5.41 Å². The van der Waals surface area contributed by atoms with Crippen molar-refractivity contribution in [2.45, 2.75) is 44.4 Å². The largest absolute Gasteiger partial charge is 0.354 e. The molecule has 1 spiro atoms. The van der Waals surface area contributed by atoms with Gasteiger partial charge < -0.3 is 4.98 Å². The van der Waals surface area contributed by atoms with Gasteiger partial charge >= 0.3 is 0 Å². The molecule has 3 aliphatic rings. The Balaban J connectivity index is 1.49. The molecule has 33 heavy (non-hydrogen) atoms. The van der Waals surface area contributed by atoms with Gasteiger partial charge in [0, 0.05) is 27.2 Å². The van der Waals surface area contributed by atoms with Crippen LogP contribution in [0.2, 0.25) is 0 Å². The Morgan fingerprint density at radius 1 is 0.788 bits per heavy atom. The average molecular weight is 428 g/mol. The number of hydrogen-bond donors (Lipinski definition) is 1. The Bertz CT molecular complexity index is 1590. The second-order valence-corrected chi connectivity index (χ2v) is 11.2. The molecule has 8 rings (SSSR count). The molecule has 5 aromatic rings. The Hall–Kier alpha value is -3.06. The van der Waals surface area contributed by atoms with E-state index >= 15 is 0 Å². The number of H-pyrrole nitrogens is 1. The van der Waals surface area contributed by atoms with E-state index in [4.69, 9.17) is 0 Å². The van der Waals surface area contributed by atoms with Gasteiger partial charge in [0.15, 0.2) is 0 Å². The van der Waals surface area contributed by atoms with E-state index in [0.29, 0.717) is 0 Å². The van der Waals surface area contributed by atoms with Gasteiger partial charge in [0.1, 0.15) is 0 Å². The molecule has 3 aliphatic carbocycles. The predicted octanol–water partition coefficient (Wildman–Crippen LogP) is 8.59. The highest BCUT2D eigenvalue weighted by atomic mass is 14.7. The Morgan fingerprint density at radius 2 is 1.61 bits per heavy atom. The van der Waals surface area contributed by atoms with Crippen LogP contribution in [0.1, 0.15) is 50.2 Å². The lowest BCUT2D eigenvalue weighted by Crippen LogP contribution is -2.44. The summed E-state index contributed by atoms with van der Waals surface area (Å²) in [6, 6.07) is 27.8. The normalized spacial score (nSPS) is 28.0. The van der Waals surface area contributed by atoms with Crippen LogP contribution in [0.3, 0.4) is 0 Å². The van der Waals surface area contributed by atoms with Crippen molar-refractivity contribution in [3.05, 3.63) is 83.9 Å². The minimum Gasteiger partial charge on any atom is -0.354 e. The fourth-order valence-electron chi connectivity index (χ4n) is 8.30. The molecule has 0 aliphatic heterocycles. The van der Waals surface area contributed by atoms with Crippen molar-refractivity contribution < 1.29 is 0 Å². The summed E-state index contributed by atoms with van der Waals surface area (Å²) in [5.74, 6) is 2.56. The second kappa shape index (κ2) is 6.29. The van der Waals surface area contributed by atoms with E-state index in [0.717, 1.165) is 17.8 Å². The molecular weight excluding hydrogens is 398 g/mol. The summed E-state index contributed by atoms with van der Waals surface area (Å²) in [4.78, 5) is 3.77. The van der Waals surface area contributed by atoms with E-state index in [9.17, 15) is 0 Å². The van der Waals surface area contributed by atoms with Crippen molar-refractivity contribution in [3.8, 4) is 11.1 Å². The molecule has 1 heteroatoms. The van der Waals surface area contributed by atoms with Gasteiger partial charge in [-0.2, -0.15) is 0 Å². The van der Waals surface area contributed by atoms with E-state index in [1.165, 1.54) is 75.8 Å². The van der Waals surface area contributed by atoms with E-state index in [1.807, 2.05) is 0 Å². The summed E-state index contributed by atoms with van der Waals surface area (Å²) in [7, 11) is 0. The number of hydrogen-bond acceptors (Lipinski definition) is 0. The maximum atomic E-state index is 3.77. The lowest BCUT2D eigenvalue weighted by molar-refractivity contribution is 0.0856. The number of benzene rings is 4. The van der Waals surface area contributed by atoms with Crippen molar-refractivity contribution in [2.75, 3.05) is 0 Å². The Labute approximate surface area is 194 Å². The van der Waals surface area contributed by atoms with Crippen LogP contribution in [0, 0.1) is 17.8 Å². The second-order valence-electron chi connectivity index (χ2n) is 11.2. The smallest absolute Gasteiger partial charge is 0.0471 e. The summed E-state index contributed by atoms with van der Waals surface area (Å²) in [5.41, 5.74) is 8.96. The average Bonchev–Trinajstić information content (AvgIpc) is 3.33. The van der Waals surface area contributed by atoms with Gasteiger partial charge in [-0.25, -0.2) is 0 Å². The number of rotatable bonds is 0. The third-order valence-electron chi connectivity index (χ3n) is 9.47. The lowest BCUT2D eigenvalue weighted by Gasteiger charge is -2.50. The standard InChI is InChI=1S/C32H29N/c1-19-14-20-12-13-32(23(15-19)16-20)26-9-5-4-8-24(26)30-27(32)10-11-28-31(30)25-17-21-6-2-3-7-22(21)18-29(25)33-28/h2-11,17-20,23,33H,12-16H2,1H3. The zero-order chi connectivity index (χ0) is 21.7. The number of aromatic nitrogens is 1. The van der Waals surface area contributed by atoms with Crippen LogP contribution < -0.4 is 0 Å². The molecule has 4 unspecified atom stereocenters. The molecule has 1 N–H and O–H groups in total. The van der Waals surface area contributed by atoms with Crippen molar-refractivity contribution >= 4 is 32.6 Å². The van der Waals surface area contributed by atoms with Gasteiger partial charge in [-0.3, -0.25) is 0 Å². The molecule has 2 saturated carbocycles. The van der Waals surface area contributed by atoms with E-state index < -0.39 is 0 Å². The SMILES string of the molecule is CC1CC2CCC3(c4ccccc4-c4c3ccc3[nH]c5cc6ccccc6cc5c43)C(C1)C2.